The van der Waals surface area contributed by atoms with Gasteiger partial charge >= 0.3 is 6.18 Å². The maximum atomic E-state index is 12.2. The molecule has 21 heavy (non-hydrogen) atoms. The van der Waals surface area contributed by atoms with E-state index < -0.39 is 24.7 Å². The molecule has 8 heteroatoms. The summed E-state index contributed by atoms with van der Waals surface area (Å²) in [7, 11) is 1.32. The number of aliphatic hydroxyl groups excluding tert-OH is 1. The van der Waals surface area contributed by atoms with Crippen LogP contribution in [-0.2, 0) is 4.79 Å². The lowest BCUT2D eigenvalue weighted by Gasteiger charge is -2.21. The topological polar surface area (TPSA) is 52.6 Å². The van der Waals surface area contributed by atoms with Crippen LogP contribution < -0.4 is 5.32 Å². The average molecular weight is 325 g/mol. The molecule has 0 aromatic heterocycles. The van der Waals surface area contributed by atoms with Crippen LogP contribution in [0.15, 0.2) is 18.2 Å². The third kappa shape index (κ3) is 5.53. The highest BCUT2D eigenvalue weighted by Gasteiger charge is 2.38. The minimum atomic E-state index is -4.70. The van der Waals surface area contributed by atoms with Gasteiger partial charge in [-0.3, -0.25) is 9.69 Å². The second-order valence-corrected chi connectivity index (χ2v) is 5.12. The first kappa shape index (κ1) is 17.7. The third-order valence-electron chi connectivity index (χ3n) is 2.82. The summed E-state index contributed by atoms with van der Waals surface area (Å²) in [6.45, 7) is 0.764. The monoisotopic (exact) mass is 324 g/mol. The predicted octanol–water partition coefficient (Wildman–Crippen LogP) is 2.44. The molecule has 0 radical (unpaired) electrons. The second-order valence-electron chi connectivity index (χ2n) is 4.71. The number of aliphatic hydroxyl groups is 1. The van der Waals surface area contributed by atoms with Gasteiger partial charge in [0.15, 0.2) is 6.10 Å². The largest absolute Gasteiger partial charge is 0.415 e. The maximum Gasteiger partial charge on any atom is 0.415 e. The Bertz CT molecular complexity index is 509. The van der Waals surface area contributed by atoms with Gasteiger partial charge in [0.25, 0.3) is 0 Å². The molecule has 1 aromatic carbocycles. The fraction of sp³-hybridized carbons (Fsp3) is 0.462. The van der Waals surface area contributed by atoms with Crippen molar-refractivity contribution >= 4 is 23.2 Å². The minimum absolute atomic E-state index is 0.279. The Labute approximate surface area is 125 Å². The standard InChI is InChI=1S/C13H16ClF3N2O2/c1-8-9(14)4-3-5-10(8)18-12(21)7-19(2)6-11(20)13(15,16)17/h3-5,11,20H,6-7H2,1-2H3,(H,18,21). The number of amides is 1. The summed E-state index contributed by atoms with van der Waals surface area (Å²) >= 11 is 5.90. The van der Waals surface area contributed by atoms with Crippen molar-refractivity contribution in [3.05, 3.63) is 28.8 Å². The van der Waals surface area contributed by atoms with Crippen molar-refractivity contribution < 1.29 is 23.1 Å². The molecule has 0 fully saturated rings. The smallest absolute Gasteiger partial charge is 0.382 e. The van der Waals surface area contributed by atoms with Crippen LogP contribution in [0, 0.1) is 6.92 Å². The lowest BCUT2D eigenvalue weighted by Crippen LogP contribution is -2.42. The highest BCUT2D eigenvalue weighted by molar-refractivity contribution is 6.31. The summed E-state index contributed by atoms with van der Waals surface area (Å²) in [4.78, 5) is 12.8. The van der Waals surface area contributed by atoms with Gasteiger partial charge in [0.2, 0.25) is 5.91 Å². The first-order valence-corrected chi connectivity index (χ1v) is 6.47. The second kappa shape index (κ2) is 7.11. The third-order valence-corrected chi connectivity index (χ3v) is 3.23. The Balaban J connectivity index is 2.56. The van der Waals surface area contributed by atoms with E-state index in [1.807, 2.05) is 0 Å². The Kier molecular flexibility index (Phi) is 6.00. The zero-order valence-electron chi connectivity index (χ0n) is 11.5. The SMILES string of the molecule is Cc1c(Cl)cccc1NC(=O)CN(C)CC(O)C(F)(F)F. The van der Waals surface area contributed by atoms with Crippen LogP contribution in [0.2, 0.25) is 5.02 Å². The van der Waals surface area contributed by atoms with Crippen LogP contribution in [0.3, 0.4) is 0 Å². The lowest BCUT2D eigenvalue weighted by atomic mass is 10.2. The van der Waals surface area contributed by atoms with Crippen molar-refractivity contribution in [3.8, 4) is 0 Å². The number of likely N-dealkylation sites (N-methyl/N-ethyl adjacent to an activating group) is 1. The number of nitrogens with one attached hydrogen (secondary N) is 1. The number of carbonyl (C=O) groups is 1. The van der Waals surface area contributed by atoms with Crippen LogP contribution in [0.1, 0.15) is 5.56 Å². The molecule has 1 unspecified atom stereocenters. The number of hydrogen-bond acceptors (Lipinski definition) is 3. The zero-order valence-corrected chi connectivity index (χ0v) is 12.3. The van der Waals surface area contributed by atoms with Crippen LogP contribution in [0.5, 0.6) is 0 Å². The fourth-order valence-corrected chi connectivity index (χ4v) is 1.82. The van der Waals surface area contributed by atoms with Gasteiger partial charge < -0.3 is 10.4 Å². The normalized spacial score (nSPS) is 13.3. The highest BCUT2D eigenvalue weighted by atomic mass is 35.5. The molecular weight excluding hydrogens is 309 g/mol. The average Bonchev–Trinajstić information content (AvgIpc) is 2.33. The Morgan fingerprint density at radius 2 is 2.10 bits per heavy atom. The van der Waals surface area contributed by atoms with Crippen molar-refractivity contribution in [2.75, 3.05) is 25.5 Å². The highest BCUT2D eigenvalue weighted by Crippen LogP contribution is 2.23. The van der Waals surface area contributed by atoms with Gasteiger partial charge in [-0.2, -0.15) is 13.2 Å². The van der Waals surface area contributed by atoms with Crippen molar-refractivity contribution in [2.24, 2.45) is 0 Å². The molecule has 1 rings (SSSR count). The summed E-state index contributed by atoms with van der Waals surface area (Å²) in [6, 6.07) is 4.96. The number of nitrogens with zero attached hydrogens (tertiary/aromatic N) is 1. The molecule has 1 aromatic rings. The van der Waals surface area contributed by atoms with Crippen molar-refractivity contribution in [1.29, 1.82) is 0 Å². The van der Waals surface area contributed by atoms with Crippen LogP contribution in [0.25, 0.3) is 0 Å². The molecule has 1 amide bonds. The van der Waals surface area contributed by atoms with E-state index in [0.29, 0.717) is 16.3 Å². The Morgan fingerprint density at radius 1 is 1.48 bits per heavy atom. The van der Waals surface area contributed by atoms with E-state index in [1.54, 1.807) is 25.1 Å². The van der Waals surface area contributed by atoms with Gasteiger partial charge in [-0.15, -0.1) is 0 Å². The van der Waals surface area contributed by atoms with Gasteiger partial charge in [-0.25, -0.2) is 0 Å². The number of halogens is 4. The van der Waals surface area contributed by atoms with Gasteiger partial charge in [0.05, 0.1) is 6.54 Å². The Hall–Kier alpha value is -1.31. The maximum absolute atomic E-state index is 12.2. The van der Waals surface area contributed by atoms with Crippen LogP contribution in [-0.4, -0.2) is 48.3 Å². The summed E-state index contributed by atoms with van der Waals surface area (Å²) in [5.41, 5.74) is 1.17. The fourth-order valence-electron chi connectivity index (χ4n) is 1.64. The van der Waals surface area contributed by atoms with E-state index in [9.17, 15) is 18.0 Å². The van der Waals surface area contributed by atoms with Gasteiger partial charge in [0, 0.05) is 17.3 Å². The summed E-state index contributed by atoms with van der Waals surface area (Å²) in [5.74, 6) is -0.489. The number of benzene rings is 1. The van der Waals surface area contributed by atoms with Gasteiger partial charge in [-0.1, -0.05) is 17.7 Å². The first-order chi connectivity index (χ1) is 9.61. The van der Waals surface area contributed by atoms with Crippen LogP contribution in [0.4, 0.5) is 18.9 Å². The summed E-state index contributed by atoms with van der Waals surface area (Å²) < 4.78 is 36.6. The molecule has 0 spiro atoms. The number of carbonyl (C=O) groups excluding carboxylic acids is 1. The molecule has 0 aliphatic heterocycles. The number of rotatable bonds is 5. The van der Waals surface area contributed by atoms with E-state index in [2.05, 4.69) is 5.32 Å². The quantitative estimate of drug-likeness (QED) is 0.874. The van der Waals surface area contributed by atoms with Gasteiger partial charge in [0.1, 0.15) is 0 Å². The summed E-state index contributed by atoms with van der Waals surface area (Å²) in [6.07, 6.45) is -7.18. The molecule has 1 atom stereocenters. The summed E-state index contributed by atoms with van der Waals surface area (Å²) in [5, 5.41) is 12.0. The minimum Gasteiger partial charge on any atom is -0.382 e. The van der Waals surface area contributed by atoms with Crippen molar-refractivity contribution in [1.82, 2.24) is 4.90 Å². The van der Waals surface area contributed by atoms with Crippen molar-refractivity contribution in [3.63, 3.8) is 0 Å². The van der Waals surface area contributed by atoms with E-state index in [4.69, 9.17) is 16.7 Å². The van der Waals surface area contributed by atoms with Gasteiger partial charge in [-0.05, 0) is 31.7 Å². The van der Waals surface area contributed by atoms with E-state index in [-0.39, 0.29) is 6.54 Å². The molecule has 0 aliphatic carbocycles. The number of alkyl halides is 3. The Morgan fingerprint density at radius 3 is 2.67 bits per heavy atom. The van der Waals surface area contributed by atoms with Crippen LogP contribution >= 0.6 is 11.6 Å². The molecule has 0 bridgehead atoms. The molecule has 4 nitrogen and oxygen atoms in total. The van der Waals surface area contributed by atoms with E-state index in [1.165, 1.54) is 7.05 Å². The van der Waals surface area contributed by atoms with E-state index >= 15 is 0 Å². The number of anilines is 1. The van der Waals surface area contributed by atoms with Crippen molar-refractivity contribution in [2.45, 2.75) is 19.2 Å². The molecule has 2 N–H and O–H groups in total. The zero-order chi connectivity index (χ0) is 16.2. The molecule has 0 saturated carbocycles. The number of hydrogen-bond donors (Lipinski definition) is 2. The molecule has 0 saturated heterocycles. The van der Waals surface area contributed by atoms with E-state index in [0.717, 1.165) is 4.90 Å². The molecule has 0 heterocycles. The molecule has 0 aliphatic rings. The molecular formula is C13H16ClF3N2O2. The molecule has 118 valence electrons. The predicted molar refractivity (Wildman–Crippen MR) is 74.4 cm³/mol. The lowest BCUT2D eigenvalue weighted by molar-refractivity contribution is -0.207. The first-order valence-electron chi connectivity index (χ1n) is 6.09.